The number of likely N-dealkylation sites (N-methyl/N-ethyl adjacent to an activating group) is 1. The number of aryl methyl sites for hydroxylation is 1. The Balaban J connectivity index is 1.65. The molecule has 0 amide bonds. The molecule has 0 saturated heterocycles. The minimum absolute atomic E-state index is 1.03. The van der Waals surface area contributed by atoms with Crippen molar-refractivity contribution in [3.8, 4) is 0 Å². The van der Waals surface area contributed by atoms with Crippen molar-refractivity contribution in [1.82, 2.24) is 5.32 Å². The first-order valence-electron chi connectivity index (χ1n) is 7.32. The van der Waals surface area contributed by atoms with Crippen LogP contribution >= 0.6 is 11.3 Å². The number of nitrogens with zero attached hydrogens (tertiary/aromatic N) is 1. The summed E-state index contributed by atoms with van der Waals surface area (Å²) in [5.41, 5.74) is 2.69. The van der Waals surface area contributed by atoms with Crippen molar-refractivity contribution in [3.05, 3.63) is 52.2 Å². The predicted molar refractivity (Wildman–Crippen MR) is 90.0 cm³/mol. The van der Waals surface area contributed by atoms with Crippen LogP contribution < -0.4 is 10.2 Å². The molecule has 0 fully saturated rings. The fourth-order valence-corrected chi connectivity index (χ4v) is 2.86. The molecule has 0 atom stereocenters. The van der Waals surface area contributed by atoms with Crippen molar-refractivity contribution in [2.75, 3.05) is 31.6 Å². The quantitative estimate of drug-likeness (QED) is 0.747. The van der Waals surface area contributed by atoms with Crippen molar-refractivity contribution in [2.24, 2.45) is 0 Å². The summed E-state index contributed by atoms with van der Waals surface area (Å²) in [6.07, 6.45) is 2.24. The smallest absolute Gasteiger partial charge is 0.0364 e. The third kappa shape index (κ3) is 4.66. The van der Waals surface area contributed by atoms with E-state index in [2.05, 4.69) is 66.0 Å². The summed E-state index contributed by atoms with van der Waals surface area (Å²) in [7, 11) is 2.15. The molecular weight excluding hydrogens is 264 g/mol. The Hall–Kier alpha value is -1.32. The van der Waals surface area contributed by atoms with E-state index in [0.717, 1.165) is 32.5 Å². The number of benzene rings is 1. The summed E-state index contributed by atoms with van der Waals surface area (Å²) in [6.45, 7) is 5.31. The molecule has 2 aromatic rings. The lowest BCUT2D eigenvalue weighted by Crippen LogP contribution is -2.30. The van der Waals surface area contributed by atoms with E-state index in [1.165, 1.54) is 16.1 Å². The maximum absolute atomic E-state index is 3.51. The van der Waals surface area contributed by atoms with Crippen LogP contribution in [0.3, 0.4) is 0 Å². The Morgan fingerprint density at radius 1 is 1.10 bits per heavy atom. The highest BCUT2D eigenvalue weighted by Gasteiger charge is 2.00. The lowest BCUT2D eigenvalue weighted by molar-refractivity contribution is 0.678. The molecule has 1 N–H and O–H groups in total. The van der Waals surface area contributed by atoms with Crippen LogP contribution in [0, 0.1) is 0 Å². The summed E-state index contributed by atoms with van der Waals surface area (Å²) in [4.78, 5) is 3.76. The number of thiophene rings is 1. The minimum atomic E-state index is 1.03. The monoisotopic (exact) mass is 288 g/mol. The zero-order valence-corrected chi connectivity index (χ0v) is 13.2. The first-order chi connectivity index (χ1) is 9.79. The number of anilines is 1. The van der Waals surface area contributed by atoms with Crippen LogP contribution in [0.5, 0.6) is 0 Å². The van der Waals surface area contributed by atoms with Gasteiger partial charge in [0.1, 0.15) is 0 Å². The molecular formula is C17H24N2S. The lowest BCUT2D eigenvalue weighted by atomic mass is 10.1. The van der Waals surface area contributed by atoms with Gasteiger partial charge in [-0.05, 0) is 42.0 Å². The number of hydrogen-bond acceptors (Lipinski definition) is 3. The molecule has 0 aliphatic heterocycles. The van der Waals surface area contributed by atoms with E-state index in [-0.39, 0.29) is 0 Å². The van der Waals surface area contributed by atoms with Crippen LogP contribution in [0.25, 0.3) is 0 Å². The fourth-order valence-electron chi connectivity index (χ4n) is 2.15. The van der Waals surface area contributed by atoms with E-state index in [0.29, 0.717) is 0 Å². The maximum atomic E-state index is 3.51. The third-order valence-electron chi connectivity index (χ3n) is 3.54. The van der Waals surface area contributed by atoms with Gasteiger partial charge in [0.05, 0.1) is 0 Å². The molecule has 108 valence electrons. The van der Waals surface area contributed by atoms with Gasteiger partial charge in [-0.2, -0.15) is 0 Å². The van der Waals surface area contributed by atoms with Crippen LogP contribution in [0.2, 0.25) is 0 Å². The number of rotatable bonds is 8. The van der Waals surface area contributed by atoms with Crippen molar-refractivity contribution in [2.45, 2.75) is 19.8 Å². The zero-order chi connectivity index (χ0) is 14.2. The molecule has 0 unspecified atom stereocenters. The van der Waals surface area contributed by atoms with Crippen LogP contribution in [0.4, 0.5) is 5.69 Å². The molecule has 2 nitrogen and oxygen atoms in total. The molecule has 2 rings (SSSR count). The predicted octanol–water partition coefficient (Wildman–Crippen LogP) is 3.58. The Morgan fingerprint density at radius 2 is 1.90 bits per heavy atom. The highest BCUT2D eigenvalue weighted by molar-refractivity contribution is 7.09. The average molecular weight is 288 g/mol. The average Bonchev–Trinajstić information content (AvgIpc) is 3.00. The second-order valence-electron chi connectivity index (χ2n) is 5.02. The van der Waals surface area contributed by atoms with E-state index in [9.17, 15) is 0 Å². The van der Waals surface area contributed by atoms with Gasteiger partial charge in [0.15, 0.2) is 0 Å². The molecule has 0 aliphatic carbocycles. The lowest BCUT2D eigenvalue weighted by Gasteiger charge is -2.19. The molecule has 1 aromatic carbocycles. The summed E-state index contributed by atoms with van der Waals surface area (Å²) in [5.74, 6) is 0. The van der Waals surface area contributed by atoms with Gasteiger partial charge in [-0.3, -0.25) is 0 Å². The zero-order valence-electron chi connectivity index (χ0n) is 12.4. The Labute approximate surface area is 126 Å². The van der Waals surface area contributed by atoms with Crippen LogP contribution in [0.15, 0.2) is 41.8 Å². The third-order valence-corrected chi connectivity index (χ3v) is 4.47. The minimum Gasteiger partial charge on any atom is -0.373 e. The largest absolute Gasteiger partial charge is 0.373 e. The number of nitrogens with one attached hydrogen (secondary N) is 1. The van der Waals surface area contributed by atoms with Gasteiger partial charge in [0.2, 0.25) is 0 Å². The standard InChI is InChI=1S/C17H24N2S/c1-3-15-6-8-16(9-7-15)19(2)13-12-18-11-10-17-5-4-14-20-17/h4-9,14,18H,3,10-13H2,1-2H3. The SMILES string of the molecule is CCc1ccc(N(C)CCNCCc2cccs2)cc1. The van der Waals surface area contributed by atoms with Gasteiger partial charge >= 0.3 is 0 Å². The Bertz CT molecular complexity index is 476. The molecule has 0 aliphatic rings. The van der Waals surface area contributed by atoms with Gasteiger partial charge in [-0.1, -0.05) is 25.1 Å². The topological polar surface area (TPSA) is 15.3 Å². The van der Waals surface area contributed by atoms with Gasteiger partial charge < -0.3 is 10.2 Å². The fraction of sp³-hybridized carbons (Fsp3) is 0.412. The summed E-state index contributed by atoms with van der Waals surface area (Å²) in [5, 5.41) is 5.65. The van der Waals surface area contributed by atoms with Crippen LogP contribution in [0.1, 0.15) is 17.4 Å². The second-order valence-corrected chi connectivity index (χ2v) is 6.05. The highest BCUT2D eigenvalue weighted by Crippen LogP contribution is 2.13. The molecule has 20 heavy (non-hydrogen) atoms. The molecule has 0 spiro atoms. The Morgan fingerprint density at radius 3 is 2.55 bits per heavy atom. The summed E-state index contributed by atoms with van der Waals surface area (Å²) < 4.78 is 0. The molecule has 1 aromatic heterocycles. The van der Waals surface area contributed by atoms with Gasteiger partial charge in [0, 0.05) is 37.2 Å². The maximum Gasteiger partial charge on any atom is 0.0364 e. The van der Waals surface area contributed by atoms with E-state index in [1.807, 2.05) is 11.3 Å². The van der Waals surface area contributed by atoms with Gasteiger partial charge in [-0.15, -0.1) is 11.3 Å². The summed E-state index contributed by atoms with van der Waals surface area (Å²) in [6, 6.07) is 13.2. The molecule has 1 heterocycles. The second kappa shape index (κ2) is 8.08. The molecule has 0 radical (unpaired) electrons. The van der Waals surface area contributed by atoms with E-state index >= 15 is 0 Å². The van der Waals surface area contributed by atoms with Crippen molar-refractivity contribution in [1.29, 1.82) is 0 Å². The first kappa shape index (κ1) is 15.1. The first-order valence-corrected chi connectivity index (χ1v) is 8.20. The number of hydrogen-bond donors (Lipinski definition) is 1. The van der Waals surface area contributed by atoms with E-state index < -0.39 is 0 Å². The van der Waals surface area contributed by atoms with E-state index in [1.54, 1.807) is 0 Å². The Kier molecular flexibility index (Phi) is 6.09. The van der Waals surface area contributed by atoms with Crippen molar-refractivity contribution >= 4 is 17.0 Å². The molecule has 3 heteroatoms. The van der Waals surface area contributed by atoms with Crippen molar-refractivity contribution < 1.29 is 0 Å². The van der Waals surface area contributed by atoms with Gasteiger partial charge in [-0.25, -0.2) is 0 Å². The van der Waals surface area contributed by atoms with Crippen LogP contribution in [-0.4, -0.2) is 26.7 Å². The molecule has 0 saturated carbocycles. The van der Waals surface area contributed by atoms with Crippen molar-refractivity contribution in [3.63, 3.8) is 0 Å². The van der Waals surface area contributed by atoms with E-state index in [4.69, 9.17) is 0 Å². The normalized spacial score (nSPS) is 10.7. The van der Waals surface area contributed by atoms with Crippen LogP contribution in [-0.2, 0) is 12.8 Å². The molecule has 0 bridgehead atoms. The highest BCUT2D eigenvalue weighted by atomic mass is 32.1. The van der Waals surface area contributed by atoms with Gasteiger partial charge in [0.25, 0.3) is 0 Å². The summed E-state index contributed by atoms with van der Waals surface area (Å²) >= 11 is 1.84.